The predicted molar refractivity (Wildman–Crippen MR) is 66.8 cm³/mol. The van der Waals surface area contributed by atoms with Crippen LogP contribution < -0.4 is 0 Å². The maximum absolute atomic E-state index is 12.1. The standard InChI is InChI=1S/C10H20BrNO2S/c1-10(2,3)8-15(13,14)12-6-4-5-9(11)7-12/h9H,4-8H2,1-3H3. The molecule has 1 rings (SSSR count). The van der Waals surface area contributed by atoms with Crippen molar-refractivity contribution in [2.45, 2.75) is 38.4 Å². The number of halogens is 1. The number of rotatable bonds is 2. The highest BCUT2D eigenvalue weighted by Crippen LogP contribution is 2.23. The lowest BCUT2D eigenvalue weighted by Gasteiger charge is -2.31. The van der Waals surface area contributed by atoms with Gasteiger partial charge in [0.25, 0.3) is 0 Å². The van der Waals surface area contributed by atoms with Crippen molar-refractivity contribution in [3.63, 3.8) is 0 Å². The molecule has 5 heteroatoms. The number of hydrogen-bond acceptors (Lipinski definition) is 2. The van der Waals surface area contributed by atoms with E-state index in [2.05, 4.69) is 15.9 Å². The molecular weight excluding hydrogens is 278 g/mol. The Kier molecular flexibility index (Phi) is 4.23. The van der Waals surface area contributed by atoms with Gasteiger partial charge in [0.15, 0.2) is 0 Å². The van der Waals surface area contributed by atoms with Gasteiger partial charge in [0, 0.05) is 17.9 Å². The minimum atomic E-state index is -3.07. The van der Waals surface area contributed by atoms with E-state index < -0.39 is 10.0 Å². The normalized spacial score (nSPS) is 25.5. The molecule has 0 bridgehead atoms. The van der Waals surface area contributed by atoms with Crippen LogP contribution in [0.1, 0.15) is 33.6 Å². The van der Waals surface area contributed by atoms with E-state index in [0.717, 1.165) is 12.8 Å². The van der Waals surface area contributed by atoms with E-state index in [1.54, 1.807) is 4.31 Å². The van der Waals surface area contributed by atoms with Crippen LogP contribution in [0.4, 0.5) is 0 Å². The Morgan fingerprint density at radius 3 is 2.47 bits per heavy atom. The van der Waals surface area contributed by atoms with E-state index in [4.69, 9.17) is 0 Å². The smallest absolute Gasteiger partial charge is 0.212 e. The average molecular weight is 298 g/mol. The van der Waals surface area contributed by atoms with Crippen molar-refractivity contribution < 1.29 is 8.42 Å². The SMILES string of the molecule is CC(C)(C)CS(=O)(=O)N1CCCC(Br)C1. The summed E-state index contributed by atoms with van der Waals surface area (Å²) in [4.78, 5) is 0.320. The van der Waals surface area contributed by atoms with Gasteiger partial charge in [0.05, 0.1) is 5.75 Å². The van der Waals surface area contributed by atoms with Crippen LogP contribution in [0.2, 0.25) is 0 Å². The summed E-state index contributed by atoms with van der Waals surface area (Å²) < 4.78 is 25.7. The van der Waals surface area contributed by atoms with Gasteiger partial charge >= 0.3 is 0 Å². The van der Waals surface area contributed by atoms with Gasteiger partial charge in [-0.15, -0.1) is 0 Å². The van der Waals surface area contributed by atoms with Crippen LogP contribution in [0.3, 0.4) is 0 Å². The summed E-state index contributed by atoms with van der Waals surface area (Å²) in [5.74, 6) is 0.236. The van der Waals surface area contributed by atoms with Crippen LogP contribution in [0.15, 0.2) is 0 Å². The first-order valence-electron chi connectivity index (χ1n) is 5.33. The zero-order chi connectivity index (χ0) is 11.7. The molecule has 0 aromatic carbocycles. The van der Waals surface area contributed by atoms with Gasteiger partial charge in [-0.25, -0.2) is 12.7 Å². The van der Waals surface area contributed by atoms with Crippen molar-refractivity contribution in [1.29, 1.82) is 0 Å². The Bertz CT molecular complexity index is 308. The molecule has 0 saturated carbocycles. The summed E-state index contributed by atoms with van der Waals surface area (Å²) in [6.07, 6.45) is 2.03. The molecule has 0 amide bonds. The Morgan fingerprint density at radius 2 is 2.00 bits per heavy atom. The molecule has 1 unspecified atom stereocenters. The molecule has 90 valence electrons. The topological polar surface area (TPSA) is 37.4 Å². The molecule has 0 aromatic rings. The van der Waals surface area contributed by atoms with Crippen molar-refractivity contribution in [3.05, 3.63) is 0 Å². The van der Waals surface area contributed by atoms with Gasteiger partial charge in [0.2, 0.25) is 10.0 Å². The molecule has 0 aliphatic carbocycles. The Labute approximate surface area is 101 Å². The third-order valence-corrected chi connectivity index (χ3v) is 5.43. The second-order valence-corrected chi connectivity index (χ2v) is 8.68. The molecule has 3 nitrogen and oxygen atoms in total. The van der Waals surface area contributed by atoms with E-state index >= 15 is 0 Å². The van der Waals surface area contributed by atoms with Crippen LogP contribution >= 0.6 is 15.9 Å². The van der Waals surface area contributed by atoms with E-state index in [-0.39, 0.29) is 11.2 Å². The van der Waals surface area contributed by atoms with E-state index in [1.165, 1.54) is 0 Å². The summed E-state index contributed by atoms with van der Waals surface area (Å²) in [5.41, 5.74) is -0.169. The second kappa shape index (κ2) is 4.72. The van der Waals surface area contributed by atoms with Gasteiger partial charge in [-0.3, -0.25) is 0 Å². The van der Waals surface area contributed by atoms with Crippen LogP contribution in [-0.4, -0.2) is 36.4 Å². The van der Waals surface area contributed by atoms with Gasteiger partial charge < -0.3 is 0 Å². The Morgan fingerprint density at radius 1 is 1.40 bits per heavy atom. The van der Waals surface area contributed by atoms with E-state index in [1.807, 2.05) is 20.8 Å². The molecule has 1 heterocycles. The van der Waals surface area contributed by atoms with Gasteiger partial charge in [-0.2, -0.15) is 0 Å². The zero-order valence-corrected chi connectivity index (χ0v) is 12.1. The molecule has 1 saturated heterocycles. The van der Waals surface area contributed by atoms with Crippen molar-refractivity contribution in [2.75, 3.05) is 18.8 Å². The van der Waals surface area contributed by atoms with E-state index in [0.29, 0.717) is 17.9 Å². The minimum absolute atomic E-state index is 0.169. The van der Waals surface area contributed by atoms with Crippen molar-refractivity contribution in [2.24, 2.45) is 5.41 Å². The monoisotopic (exact) mass is 297 g/mol. The zero-order valence-electron chi connectivity index (χ0n) is 9.66. The fraction of sp³-hybridized carbons (Fsp3) is 1.00. The highest BCUT2D eigenvalue weighted by atomic mass is 79.9. The lowest BCUT2D eigenvalue weighted by Crippen LogP contribution is -2.43. The summed E-state index contributed by atoms with van der Waals surface area (Å²) in [6.45, 7) is 7.18. The van der Waals surface area contributed by atoms with Gasteiger partial charge in [0.1, 0.15) is 0 Å². The first-order chi connectivity index (χ1) is 6.71. The second-order valence-electron chi connectivity index (χ2n) is 5.41. The largest absolute Gasteiger partial charge is 0.214 e. The van der Waals surface area contributed by atoms with Crippen LogP contribution in [-0.2, 0) is 10.0 Å². The quantitative estimate of drug-likeness (QED) is 0.733. The highest BCUT2D eigenvalue weighted by molar-refractivity contribution is 9.09. The molecule has 1 atom stereocenters. The van der Waals surface area contributed by atoms with Crippen LogP contribution in [0, 0.1) is 5.41 Å². The number of nitrogens with zero attached hydrogens (tertiary/aromatic N) is 1. The van der Waals surface area contributed by atoms with E-state index in [9.17, 15) is 8.42 Å². The average Bonchev–Trinajstić information content (AvgIpc) is 1.99. The van der Waals surface area contributed by atoms with Crippen molar-refractivity contribution in [1.82, 2.24) is 4.31 Å². The third kappa shape index (κ3) is 4.41. The third-order valence-electron chi connectivity index (χ3n) is 2.34. The maximum atomic E-state index is 12.1. The minimum Gasteiger partial charge on any atom is -0.212 e. The molecule has 0 spiro atoms. The highest BCUT2D eigenvalue weighted by Gasteiger charge is 2.31. The van der Waals surface area contributed by atoms with Crippen molar-refractivity contribution >= 4 is 26.0 Å². The first kappa shape index (κ1) is 13.5. The molecule has 0 N–H and O–H groups in total. The Balaban J connectivity index is 2.69. The van der Waals surface area contributed by atoms with Gasteiger partial charge in [-0.1, -0.05) is 36.7 Å². The number of piperidine rings is 1. The Hall–Kier alpha value is 0.390. The number of sulfonamides is 1. The molecule has 0 radical (unpaired) electrons. The molecule has 15 heavy (non-hydrogen) atoms. The number of hydrogen-bond donors (Lipinski definition) is 0. The van der Waals surface area contributed by atoms with Crippen molar-refractivity contribution in [3.8, 4) is 0 Å². The molecule has 1 aliphatic rings. The fourth-order valence-corrected chi connectivity index (χ4v) is 4.74. The molecule has 1 fully saturated rings. The molecule has 0 aromatic heterocycles. The first-order valence-corrected chi connectivity index (χ1v) is 7.85. The summed E-state index contributed by atoms with van der Waals surface area (Å²) in [5, 5.41) is 0. The van der Waals surface area contributed by atoms with Crippen LogP contribution in [0.25, 0.3) is 0 Å². The summed E-state index contributed by atoms with van der Waals surface area (Å²) >= 11 is 3.49. The van der Waals surface area contributed by atoms with Gasteiger partial charge in [-0.05, 0) is 18.3 Å². The molecule has 1 aliphatic heterocycles. The number of alkyl halides is 1. The maximum Gasteiger partial charge on any atom is 0.214 e. The fourth-order valence-electron chi connectivity index (χ4n) is 1.78. The summed E-state index contributed by atoms with van der Waals surface area (Å²) in [7, 11) is -3.07. The summed E-state index contributed by atoms with van der Waals surface area (Å²) in [6, 6.07) is 0. The predicted octanol–water partition coefficient (Wildman–Crippen LogP) is 2.22. The molecular formula is C10H20BrNO2S. The van der Waals surface area contributed by atoms with Crippen LogP contribution in [0.5, 0.6) is 0 Å². The lowest BCUT2D eigenvalue weighted by molar-refractivity contribution is 0.345. The lowest BCUT2D eigenvalue weighted by atomic mass is 10.0.